The average Bonchev–Trinajstić information content (AvgIpc) is 2.78. The van der Waals surface area contributed by atoms with Crippen LogP contribution in [0.25, 0.3) is 0 Å². The summed E-state index contributed by atoms with van der Waals surface area (Å²) in [5, 5.41) is 8.73. The number of unbranched alkanes of at least 4 members (excludes halogenated alkanes) is 2. The Morgan fingerprint density at radius 2 is 1.23 bits per heavy atom. The molecule has 0 spiro atoms. The molecule has 172 valence electrons. The minimum Gasteiger partial charge on any atom is -0.352 e. The number of carbonyl (C=O) groups is 3. The van der Waals surface area contributed by atoms with Crippen molar-refractivity contribution in [3.8, 4) is 0 Å². The van der Waals surface area contributed by atoms with Crippen LogP contribution in [0.3, 0.4) is 0 Å². The van der Waals surface area contributed by atoms with Gasteiger partial charge < -0.3 is 20.9 Å². The summed E-state index contributed by atoms with van der Waals surface area (Å²) in [6.45, 7) is 7.93. The molecule has 1 heterocycles. The fourth-order valence-electron chi connectivity index (χ4n) is 3.59. The summed E-state index contributed by atoms with van der Waals surface area (Å²) in [5.74, 6) is -0.315. The van der Waals surface area contributed by atoms with E-state index < -0.39 is 0 Å². The number of benzene rings is 1. The first-order chi connectivity index (χ1) is 14.9. The van der Waals surface area contributed by atoms with Crippen molar-refractivity contribution in [1.29, 1.82) is 0 Å². The summed E-state index contributed by atoms with van der Waals surface area (Å²) in [6, 6.07) is 4.72. The van der Waals surface area contributed by atoms with E-state index in [-0.39, 0.29) is 17.7 Å². The van der Waals surface area contributed by atoms with Crippen LogP contribution in [-0.2, 0) is 0 Å². The molecule has 31 heavy (non-hydrogen) atoms. The second-order valence-corrected chi connectivity index (χ2v) is 8.47. The van der Waals surface area contributed by atoms with Gasteiger partial charge in [-0.15, -0.1) is 0 Å². The molecule has 7 heteroatoms. The molecule has 0 aromatic heterocycles. The Labute approximate surface area is 186 Å². The lowest BCUT2D eigenvalue weighted by Gasteiger charge is -2.28. The normalized spacial score (nSPS) is 14.8. The van der Waals surface area contributed by atoms with Gasteiger partial charge in [0.1, 0.15) is 0 Å². The lowest BCUT2D eigenvalue weighted by molar-refractivity contribution is 0.0939. The van der Waals surface area contributed by atoms with Gasteiger partial charge in [0, 0.05) is 36.3 Å². The topological polar surface area (TPSA) is 90.5 Å². The molecule has 3 amide bonds. The Kier molecular flexibility index (Phi) is 10.5. The Morgan fingerprint density at radius 3 is 1.65 bits per heavy atom. The molecule has 2 rings (SSSR count). The Hall–Kier alpha value is -2.41. The third-order valence-corrected chi connectivity index (χ3v) is 5.74. The minimum absolute atomic E-state index is 0.246. The van der Waals surface area contributed by atoms with Crippen LogP contribution in [-0.4, -0.2) is 62.4 Å². The molecule has 1 aromatic rings. The Morgan fingerprint density at radius 1 is 0.806 bits per heavy atom. The SMILES string of the molecule is CCCCNC(=O)c1cc(C(=O)NCCCC)cc(C(=O)NCC2CCN(C)CC2)c1. The number of amides is 3. The molecule has 0 saturated carbocycles. The highest BCUT2D eigenvalue weighted by atomic mass is 16.2. The van der Waals surface area contributed by atoms with E-state index in [1.165, 1.54) is 0 Å². The van der Waals surface area contributed by atoms with Crippen LogP contribution in [0.15, 0.2) is 18.2 Å². The zero-order chi connectivity index (χ0) is 22.6. The standard InChI is InChI=1S/C24H38N4O3/c1-4-6-10-25-22(29)19-14-20(23(30)26-11-7-5-2)16-21(15-19)24(31)27-17-18-8-12-28(3)13-9-18/h14-16,18H,4-13,17H2,1-3H3,(H,25,29)(H,26,30)(H,27,31). The highest BCUT2D eigenvalue weighted by molar-refractivity contribution is 6.04. The van der Waals surface area contributed by atoms with E-state index in [1.807, 2.05) is 0 Å². The maximum Gasteiger partial charge on any atom is 0.251 e. The van der Waals surface area contributed by atoms with E-state index in [9.17, 15) is 14.4 Å². The molecule has 1 saturated heterocycles. The van der Waals surface area contributed by atoms with Gasteiger partial charge in [-0.2, -0.15) is 0 Å². The molecule has 0 unspecified atom stereocenters. The predicted molar refractivity (Wildman–Crippen MR) is 123 cm³/mol. The summed E-state index contributed by atoms with van der Waals surface area (Å²) >= 11 is 0. The molecular weight excluding hydrogens is 392 g/mol. The molecule has 1 aliphatic rings. The molecule has 1 fully saturated rings. The highest BCUT2D eigenvalue weighted by Gasteiger charge is 2.19. The summed E-state index contributed by atoms with van der Waals surface area (Å²) in [7, 11) is 2.11. The molecule has 0 atom stereocenters. The van der Waals surface area contributed by atoms with Crippen molar-refractivity contribution in [2.24, 2.45) is 5.92 Å². The third kappa shape index (κ3) is 8.32. The number of likely N-dealkylation sites (tertiary alicyclic amines) is 1. The van der Waals surface area contributed by atoms with Gasteiger partial charge in [0.25, 0.3) is 17.7 Å². The van der Waals surface area contributed by atoms with Gasteiger partial charge in [-0.25, -0.2) is 0 Å². The van der Waals surface area contributed by atoms with Crippen molar-refractivity contribution in [3.63, 3.8) is 0 Å². The first-order valence-electron chi connectivity index (χ1n) is 11.6. The van der Waals surface area contributed by atoms with Crippen LogP contribution in [0.5, 0.6) is 0 Å². The van der Waals surface area contributed by atoms with Crippen LogP contribution in [0.1, 0.15) is 83.4 Å². The van der Waals surface area contributed by atoms with Gasteiger partial charge in [0.15, 0.2) is 0 Å². The zero-order valence-electron chi connectivity index (χ0n) is 19.3. The van der Waals surface area contributed by atoms with E-state index in [4.69, 9.17) is 0 Å². The van der Waals surface area contributed by atoms with Gasteiger partial charge in [0.2, 0.25) is 0 Å². The van der Waals surface area contributed by atoms with E-state index in [1.54, 1.807) is 18.2 Å². The molecular formula is C24H38N4O3. The number of hydrogen-bond donors (Lipinski definition) is 3. The first kappa shape index (κ1) is 24.9. The van der Waals surface area contributed by atoms with Crippen LogP contribution in [0.2, 0.25) is 0 Å². The molecule has 7 nitrogen and oxygen atoms in total. The third-order valence-electron chi connectivity index (χ3n) is 5.74. The molecule has 1 aliphatic heterocycles. The van der Waals surface area contributed by atoms with Crippen LogP contribution < -0.4 is 16.0 Å². The van der Waals surface area contributed by atoms with Gasteiger partial charge in [0.05, 0.1) is 0 Å². The summed E-state index contributed by atoms with van der Waals surface area (Å²) in [4.78, 5) is 40.3. The fraction of sp³-hybridized carbons (Fsp3) is 0.625. The smallest absolute Gasteiger partial charge is 0.251 e. The average molecular weight is 431 g/mol. The number of piperidine rings is 1. The maximum atomic E-state index is 12.8. The van der Waals surface area contributed by atoms with Crippen LogP contribution in [0.4, 0.5) is 0 Å². The minimum atomic E-state index is -0.263. The molecule has 0 radical (unpaired) electrons. The number of carbonyl (C=O) groups excluding carboxylic acids is 3. The lowest BCUT2D eigenvalue weighted by Crippen LogP contribution is -2.37. The van der Waals surface area contributed by atoms with E-state index >= 15 is 0 Å². The van der Waals surface area contributed by atoms with Crippen molar-refractivity contribution in [3.05, 3.63) is 34.9 Å². The summed E-state index contributed by atoms with van der Waals surface area (Å²) < 4.78 is 0. The number of hydrogen-bond acceptors (Lipinski definition) is 4. The number of rotatable bonds is 11. The summed E-state index contributed by atoms with van der Waals surface area (Å²) in [6.07, 6.45) is 5.83. The monoisotopic (exact) mass is 430 g/mol. The zero-order valence-corrected chi connectivity index (χ0v) is 19.3. The highest BCUT2D eigenvalue weighted by Crippen LogP contribution is 2.16. The van der Waals surface area contributed by atoms with Crippen molar-refractivity contribution in [2.45, 2.75) is 52.4 Å². The molecule has 0 aliphatic carbocycles. The van der Waals surface area contributed by atoms with Crippen LogP contribution >= 0.6 is 0 Å². The van der Waals surface area contributed by atoms with Gasteiger partial charge in [-0.3, -0.25) is 14.4 Å². The second-order valence-electron chi connectivity index (χ2n) is 8.47. The van der Waals surface area contributed by atoms with Gasteiger partial charge >= 0.3 is 0 Å². The summed E-state index contributed by atoms with van der Waals surface area (Å²) in [5.41, 5.74) is 1.02. The molecule has 3 N–H and O–H groups in total. The van der Waals surface area contributed by atoms with E-state index in [0.717, 1.165) is 51.6 Å². The second kappa shape index (κ2) is 13.1. The van der Waals surface area contributed by atoms with Gasteiger partial charge in [-0.05, 0) is 69.9 Å². The Balaban J connectivity index is 2.11. The number of nitrogens with one attached hydrogen (secondary N) is 3. The predicted octanol–water partition coefficient (Wildman–Crippen LogP) is 2.82. The largest absolute Gasteiger partial charge is 0.352 e. The number of nitrogens with zero attached hydrogens (tertiary/aromatic N) is 1. The van der Waals surface area contributed by atoms with Crippen molar-refractivity contribution >= 4 is 17.7 Å². The van der Waals surface area contributed by atoms with Crippen molar-refractivity contribution in [1.82, 2.24) is 20.9 Å². The maximum absolute atomic E-state index is 12.8. The van der Waals surface area contributed by atoms with E-state index in [0.29, 0.717) is 42.2 Å². The van der Waals surface area contributed by atoms with Gasteiger partial charge in [-0.1, -0.05) is 26.7 Å². The lowest BCUT2D eigenvalue weighted by atomic mass is 9.97. The first-order valence-corrected chi connectivity index (χ1v) is 11.6. The molecule has 1 aromatic carbocycles. The Bertz CT molecular complexity index is 702. The molecule has 0 bridgehead atoms. The van der Waals surface area contributed by atoms with Crippen molar-refractivity contribution < 1.29 is 14.4 Å². The van der Waals surface area contributed by atoms with Crippen LogP contribution in [0, 0.1) is 5.92 Å². The van der Waals surface area contributed by atoms with Crippen molar-refractivity contribution in [2.75, 3.05) is 39.8 Å². The van der Waals surface area contributed by atoms with E-state index in [2.05, 4.69) is 41.7 Å². The fourth-order valence-corrected chi connectivity index (χ4v) is 3.59. The quantitative estimate of drug-likeness (QED) is 0.471.